The van der Waals surface area contributed by atoms with E-state index in [-0.39, 0.29) is 19.2 Å². The molecule has 0 aromatic carbocycles. The van der Waals surface area contributed by atoms with Gasteiger partial charge in [0.25, 0.3) is 5.91 Å². The number of thioether (sulfide) groups is 1. The van der Waals surface area contributed by atoms with Gasteiger partial charge in [-0.25, -0.2) is 0 Å². The van der Waals surface area contributed by atoms with E-state index in [1.807, 2.05) is 0 Å². The van der Waals surface area contributed by atoms with Gasteiger partial charge in [0.1, 0.15) is 0 Å². The van der Waals surface area contributed by atoms with Gasteiger partial charge >= 0.3 is 6.18 Å². The number of halogens is 3. The average Bonchev–Trinajstić information content (AvgIpc) is 2.81. The lowest BCUT2D eigenvalue weighted by atomic mass is 10.00. The molecule has 1 rings (SSSR count). The number of rotatable bonds is 5. The Balaban J connectivity index is 2.87. The highest BCUT2D eigenvalue weighted by Crippen LogP contribution is 2.32. The van der Waals surface area contributed by atoms with Gasteiger partial charge in [0.2, 0.25) is 0 Å². The smallest absolute Gasteiger partial charge is 0.383 e. The van der Waals surface area contributed by atoms with Crippen LogP contribution in [0.2, 0.25) is 0 Å². The fraction of sp³-hybridized carbons (Fsp3) is 0.909. The van der Waals surface area contributed by atoms with Crippen molar-refractivity contribution in [1.29, 1.82) is 0 Å². The molecule has 0 bridgehead atoms. The molecule has 0 spiro atoms. The maximum Gasteiger partial charge on any atom is 0.415 e. The molecule has 4 nitrogen and oxygen atoms in total. The fourth-order valence-corrected chi connectivity index (χ4v) is 3.05. The second kappa shape index (κ2) is 6.32. The SMILES string of the molecule is COCCN(C(=O)C(C)(N)C(F)(F)F)C1CCSC1. The lowest BCUT2D eigenvalue weighted by molar-refractivity contribution is -0.195. The number of carbonyl (C=O) groups excluding carboxylic acids is 1. The molecule has 112 valence electrons. The Kier molecular flexibility index (Phi) is 5.52. The monoisotopic (exact) mass is 300 g/mol. The van der Waals surface area contributed by atoms with E-state index >= 15 is 0 Å². The summed E-state index contributed by atoms with van der Waals surface area (Å²) in [6, 6.07) is -0.196. The third kappa shape index (κ3) is 3.76. The number of hydrogen-bond acceptors (Lipinski definition) is 4. The molecular weight excluding hydrogens is 281 g/mol. The molecule has 19 heavy (non-hydrogen) atoms. The number of hydrogen-bond donors (Lipinski definition) is 1. The van der Waals surface area contributed by atoms with E-state index in [0.717, 1.165) is 12.7 Å². The van der Waals surface area contributed by atoms with Crippen LogP contribution in [-0.2, 0) is 9.53 Å². The molecule has 2 atom stereocenters. The summed E-state index contributed by atoms with van der Waals surface area (Å²) in [4.78, 5) is 13.3. The predicted octanol–water partition coefficient (Wildman–Crippen LogP) is 1.25. The Morgan fingerprint density at radius 2 is 2.16 bits per heavy atom. The Morgan fingerprint density at radius 3 is 2.58 bits per heavy atom. The van der Waals surface area contributed by atoms with E-state index in [2.05, 4.69) is 0 Å². The zero-order chi connectivity index (χ0) is 14.7. The van der Waals surface area contributed by atoms with Crippen molar-refractivity contribution in [3.05, 3.63) is 0 Å². The van der Waals surface area contributed by atoms with Crippen LogP contribution in [0.15, 0.2) is 0 Å². The zero-order valence-corrected chi connectivity index (χ0v) is 11.8. The van der Waals surface area contributed by atoms with E-state index < -0.39 is 17.6 Å². The quantitative estimate of drug-likeness (QED) is 0.830. The summed E-state index contributed by atoms with van der Waals surface area (Å²) in [5.74, 6) is 0.405. The first-order valence-electron chi connectivity index (χ1n) is 5.95. The van der Waals surface area contributed by atoms with Crippen LogP contribution in [0, 0.1) is 0 Å². The first-order chi connectivity index (χ1) is 8.71. The van der Waals surface area contributed by atoms with Crippen LogP contribution in [0.25, 0.3) is 0 Å². The van der Waals surface area contributed by atoms with Crippen LogP contribution in [0.1, 0.15) is 13.3 Å². The maximum absolute atomic E-state index is 12.8. The molecule has 1 aliphatic heterocycles. The summed E-state index contributed by atoms with van der Waals surface area (Å²) in [6.45, 7) is 1.04. The largest absolute Gasteiger partial charge is 0.415 e. The van der Waals surface area contributed by atoms with Crippen LogP contribution in [-0.4, -0.2) is 60.3 Å². The normalized spacial score (nSPS) is 23.2. The molecule has 1 aliphatic rings. The minimum Gasteiger partial charge on any atom is -0.383 e. The van der Waals surface area contributed by atoms with Crippen molar-refractivity contribution >= 4 is 17.7 Å². The van der Waals surface area contributed by atoms with Gasteiger partial charge in [-0.2, -0.15) is 24.9 Å². The molecule has 1 fully saturated rings. The molecule has 0 saturated carbocycles. The first kappa shape index (κ1) is 16.6. The summed E-state index contributed by atoms with van der Waals surface area (Å²) in [6.07, 6.45) is -4.07. The second-order valence-corrected chi connectivity index (χ2v) is 5.86. The van der Waals surface area contributed by atoms with E-state index in [1.54, 1.807) is 11.8 Å². The summed E-state index contributed by atoms with van der Waals surface area (Å²) < 4.78 is 43.4. The van der Waals surface area contributed by atoms with Crippen LogP contribution < -0.4 is 5.73 Å². The molecule has 0 radical (unpaired) electrons. The van der Waals surface area contributed by atoms with Gasteiger partial charge in [0, 0.05) is 25.4 Å². The van der Waals surface area contributed by atoms with Crippen LogP contribution in [0.4, 0.5) is 13.2 Å². The molecule has 1 saturated heterocycles. The summed E-state index contributed by atoms with van der Waals surface area (Å²) in [7, 11) is 1.44. The number of alkyl halides is 3. The molecule has 1 heterocycles. The highest BCUT2D eigenvalue weighted by Gasteiger charge is 2.56. The van der Waals surface area contributed by atoms with Gasteiger partial charge < -0.3 is 15.4 Å². The minimum atomic E-state index is -4.76. The summed E-state index contributed by atoms with van der Waals surface area (Å²) >= 11 is 1.62. The Hall–Kier alpha value is -0.470. The molecule has 8 heteroatoms. The Morgan fingerprint density at radius 1 is 1.53 bits per heavy atom. The fourth-order valence-electron chi connectivity index (χ4n) is 1.83. The lowest BCUT2D eigenvalue weighted by Gasteiger charge is -2.36. The van der Waals surface area contributed by atoms with Gasteiger partial charge in [0.15, 0.2) is 5.54 Å². The number of carbonyl (C=O) groups is 1. The first-order valence-corrected chi connectivity index (χ1v) is 7.10. The van der Waals surface area contributed by atoms with E-state index in [4.69, 9.17) is 10.5 Å². The van der Waals surface area contributed by atoms with E-state index in [9.17, 15) is 18.0 Å². The van der Waals surface area contributed by atoms with Crippen molar-refractivity contribution in [2.75, 3.05) is 31.8 Å². The zero-order valence-electron chi connectivity index (χ0n) is 11.0. The molecule has 2 unspecified atom stereocenters. The van der Waals surface area contributed by atoms with E-state index in [0.29, 0.717) is 12.2 Å². The molecule has 0 aromatic heterocycles. The average molecular weight is 300 g/mol. The third-order valence-corrected chi connectivity index (χ3v) is 4.32. The minimum absolute atomic E-state index is 0.128. The number of ether oxygens (including phenoxy) is 1. The van der Waals surface area contributed by atoms with Crippen molar-refractivity contribution in [1.82, 2.24) is 4.90 Å². The molecular formula is C11H19F3N2O2S. The number of nitrogens with two attached hydrogens (primary N) is 1. The van der Waals surface area contributed by atoms with Crippen molar-refractivity contribution in [2.24, 2.45) is 5.73 Å². The van der Waals surface area contributed by atoms with Crippen LogP contribution in [0.3, 0.4) is 0 Å². The molecule has 1 amide bonds. The number of amides is 1. The lowest BCUT2D eigenvalue weighted by Crippen LogP contribution is -2.64. The Labute approximate surface area is 114 Å². The maximum atomic E-state index is 12.8. The Bertz CT molecular complexity index is 318. The van der Waals surface area contributed by atoms with Gasteiger partial charge in [-0.3, -0.25) is 4.79 Å². The van der Waals surface area contributed by atoms with Crippen molar-refractivity contribution in [3.63, 3.8) is 0 Å². The number of methoxy groups -OCH3 is 1. The van der Waals surface area contributed by atoms with Gasteiger partial charge in [-0.05, 0) is 19.1 Å². The van der Waals surface area contributed by atoms with E-state index in [1.165, 1.54) is 12.0 Å². The van der Waals surface area contributed by atoms with Crippen molar-refractivity contribution < 1.29 is 22.7 Å². The highest BCUT2D eigenvalue weighted by molar-refractivity contribution is 7.99. The van der Waals surface area contributed by atoms with Crippen molar-refractivity contribution in [2.45, 2.75) is 31.1 Å². The molecule has 0 aromatic rings. The summed E-state index contributed by atoms with van der Waals surface area (Å²) in [5.41, 5.74) is 2.36. The van der Waals surface area contributed by atoms with Gasteiger partial charge in [-0.1, -0.05) is 0 Å². The van der Waals surface area contributed by atoms with Gasteiger partial charge in [-0.15, -0.1) is 0 Å². The van der Waals surface area contributed by atoms with Gasteiger partial charge in [0.05, 0.1) is 6.61 Å². The molecule has 2 N–H and O–H groups in total. The molecule has 0 aliphatic carbocycles. The van der Waals surface area contributed by atoms with Crippen molar-refractivity contribution in [3.8, 4) is 0 Å². The standard InChI is InChI=1S/C11H19F3N2O2S/c1-10(15,11(12,13)14)9(17)16(4-5-18-2)8-3-6-19-7-8/h8H,3-7,15H2,1-2H3. The topological polar surface area (TPSA) is 55.6 Å². The van der Waals surface area contributed by atoms with Crippen LogP contribution >= 0.6 is 11.8 Å². The second-order valence-electron chi connectivity index (χ2n) is 4.71. The number of nitrogens with zero attached hydrogens (tertiary/aromatic N) is 1. The summed E-state index contributed by atoms with van der Waals surface area (Å²) in [5, 5.41) is 0. The van der Waals surface area contributed by atoms with Crippen LogP contribution in [0.5, 0.6) is 0 Å². The highest BCUT2D eigenvalue weighted by atomic mass is 32.2. The third-order valence-electron chi connectivity index (χ3n) is 3.18. The predicted molar refractivity (Wildman–Crippen MR) is 68.0 cm³/mol.